The molecule has 0 fully saturated rings. The van der Waals surface area contributed by atoms with Crippen molar-refractivity contribution in [2.75, 3.05) is 0 Å². The molecule has 1 aliphatic rings. The zero-order valence-electron chi connectivity index (χ0n) is 8.94. The van der Waals surface area contributed by atoms with Crippen LogP contribution < -0.4 is 0 Å². The maximum Gasteiger partial charge on any atom is 0 e. The monoisotopic (exact) mass is 240 g/mol. The molecule has 1 heteroatoms. The molecule has 0 spiro atoms. The normalized spacial score (nSPS) is 33.6. The van der Waals surface area contributed by atoms with E-state index in [2.05, 4.69) is 40.7 Å². The maximum atomic E-state index is 3.55. The minimum Gasteiger partial charge on any atom is -0.491 e. The third kappa shape index (κ3) is 2.96. The molecule has 67 valence electrons. The fourth-order valence-corrected chi connectivity index (χ4v) is 2.11. The van der Waals surface area contributed by atoms with Crippen LogP contribution in [0.2, 0.25) is 0 Å². The Balaban J connectivity index is 0.00000121. The first-order valence-electron chi connectivity index (χ1n) is 4.54. The molecule has 12 heavy (non-hydrogen) atoms. The van der Waals surface area contributed by atoms with Crippen LogP contribution in [0.25, 0.3) is 0 Å². The van der Waals surface area contributed by atoms with Gasteiger partial charge in [-0.2, -0.15) is 5.41 Å². The van der Waals surface area contributed by atoms with Gasteiger partial charge >= 0.3 is 0 Å². The fourth-order valence-electron chi connectivity index (χ4n) is 2.11. The third-order valence-electron chi connectivity index (χ3n) is 2.90. The molecule has 0 aromatic rings. The number of rotatable bonds is 0. The topological polar surface area (TPSA) is 0 Å². The van der Waals surface area contributed by atoms with Crippen molar-refractivity contribution in [3.05, 3.63) is 11.6 Å². The van der Waals surface area contributed by atoms with Crippen molar-refractivity contribution in [1.29, 1.82) is 0 Å². The molecule has 2 atom stereocenters. The third-order valence-corrected chi connectivity index (χ3v) is 2.90. The van der Waals surface area contributed by atoms with Gasteiger partial charge in [0.2, 0.25) is 0 Å². The van der Waals surface area contributed by atoms with E-state index in [1.807, 2.05) is 0 Å². The van der Waals surface area contributed by atoms with Gasteiger partial charge in [0.15, 0.2) is 0 Å². The number of hydrogen-bond donors (Lipinski definition) is 0. The van der Waals surface area contributed by atoms with Crippen LogP contribution in [0.1, 0.15) is 41.0 Å². The summed E-state index contributed by atoms with van der Waals surface area (Å²) >= 11 is 0. The van der Waals surface area contributed by atoms with Gasteiger partial charge in [0.1, 0.15) is 0 Å². The van der Waals surface area contributed by atoms with Gasteiger partial charge in [-0.15, -0.1) is 0 Å². The van der Waals surface area contributed by atoms with E-state index in [1.54, 1.807) is 0 Å². The molecule has 0 aromatic carbocycles. The first kappa shape index (κ1) is 12.8. The molecule has 0 aliphatic heterocycles. The standard InChI is InChI=1S/C11H19.Y/c1-8-6-11(4,5)7-9(2)10(8)3;/h8,10H,6H2,1-5H3;/q-1;. The predicted molar refractivity (Wildman–Crippen MR) is 49.2 cm³/mol. The summed E-state index contributed by atoms with van der Waals surface area (Å²) in [5, 5.41) is 0. The van der Waals surface area contributed by atoms with E-state index in [0.717, 1.165) is 11.8 Å². The summed E-state index contributed by atoms with van der Waals surface area (Å²) in [6, 6.07) is 0. The van der Waals surface area contributed by atoms with E-state index >= 15 is 0 Å². The van der Waals surface area contributed by atoms with Gasteiger partial charge in [0.25, 0.3) is 0 Å². The van der Waals surface area contributed by atoms with Crippen LogP contribution in [0.4, 0.5) is 0 Å². The summed E-state index contributed by atoms with van der Waals surface area (Å²) < 4.78 is 0. The number of hydrogen-bond acceptors (Lipinski definition) is 0. The predicted octanol–water partition coefficient (Wildman–Crippen LogP) is 3.44. The molecule has 1 rings (SSSR count). The second-order valence-electron chi connectivity index (χ2n) is 4.66. The van der Waals surface area contributed by atoms with E-state index in [9.17, 15) is 0 Å². The maximum absolute atomic E-state index is 3.55. The molecule has 0 nitrogen and oxygen atoms in total. The minimum absolute atomic E-state index is 0. The summed E-state index contributed by atoms with van der Waals surface area (Å²) in [4.78, 5) is 0. The van der Waals surface area contributed by atoms with Crippen LogP contribution in [0.15, 0.2) is 5.57 Å². The molecule has 1 radical (unpaired) electrons. The molecule has 2 unspecified atom stereocenters. The van der Waals surface area contributed by atoms with Crippen LogP contribution in [0, 0.1) is 23.3 Å². The second-order valence-corrected chi connectivity index (χ2v) is 4.66. The fraction of sp³-hybridized carbons (Fsp3) is 0.818. The zero-order chi connectivity index (χ0) is 8.65. The van der Waals surface area contributed by atoms with E-state index < -0.39 is 0 Å². The van der Waals surface area contributed by atoms with Gasteiger partial charge in [-0.1, -0.05) is 47.0 Å². The van der Waals surface area contributed by atoms with E-state index in [1.165, 1.54) is 12.0 Å². The summed E-state index contributed by atoms with van der Waals surface area (Å²) in [7, 11) is 0. The Morgan fingerprint density at radius 1 is 1.33 bits per heavy atom. The molecule has 0 aromatic heterocycles. The zero-order valence-corrected chi connectivity index (χ0v) is 11.8. The van der Waals surface area contributed by atoms with Crippen molar-refractivity contribution >= 4 is 0 Å². The van der Waals surface area contributed by atoms with Gasteiger partial charge < -0.3 is 6.08 Å². The molecule has 0 saturated heterocycles. The molecule has 0 amide bonds. The quantitative estimate of drug-likeness (QED) is 0.569. The van der Waals surface area contributed by atoms with Crippen LogP contribution in [0.5, 0.6) is 0 Å². The Kier molecular flexibility index (Phi) is 4.68. The summed E-state index contributed by atoms with van der Waals surface area (Å²) in [5.74, 6) is 1.56. The Morgan fingerprint density at radius 2 is 1.83 bits per heavy atom. The molecule has 1 aliphatic carbocycles. The van der Waals surface area contributed by atoms with Crippen molar-refractivity contribution in [3.8, 4) is 0 Å². The van der Waals surface area contributed by atoms with Gasteiger partial charge in [-0.3, -0.25) is 5.57 Å². The first-order chi connectivity index (χ1) is 4.92. The SMILES string of the molecule is CC1=[C-]C(C)(C)CC(C)C1C.[Y]. The average Bonchev–Trinajstić information content (AvgIpc) is 1.81. The Hall–Kier alpha value is 0.844. The van der Waals surface area contributed by atoms with Crippen LogP contribution in [-0.4, -0.2) is 0 Å². The van der Waals surface area contributed by atoms with Gasteiger partial charge in [0.05, 0.1) is 0 Å². The smallest absolute Gasteiger partial charge is 0 e. The minimum atomic E-state index is 0. The van der Waals surface area contributed by atoms with Gasteiger partial charge in [-0.25, -0.2) is 0 Å². The Morgan fingerprint density at radius 3 is 2.25 bits per heavy atom. The van der Waals surface area contributed by atoms with Crippen LogP contribution in [0.3, 0.4) is 0 Å². The van der Waals surface area contributed by atoms with Crippen molar-refractivity contribution < 1.29 is 32.7 Å². The summed E-state index contributed by atoms with van der Waals surface area (Å²) in [5.41, 5.74) is 1.77. The molecule has 0 saturated carbocycles. The van der Waals surface area contributed by atoms with Crippen molar-refractivity contribution in [2.45, 2.75) is 41.0 Å². The number of allylic oxidation sites excluding steroid dienone is 2. The van der Waals surface area contributed by atoms with Crippen LogP contribution in [-0.2, 0) is 32.7 Å². The summed E-state index contributed by atoms with van der Waals surface area (Å²) in [6.45, 7) is 11.4. The largest absolute Gasteiger partial charge is 0.491 e. The van der Waals surface area contributed by atoms with Crippen molar-refractivity contribution in [2.24, 2.45) is 17.3 Å². The Bertz CT molecular complexity index is 179. The first-order valence-corrected chi connectivity index (χ1v) is 4.54. The average molecular weight is 240 g/mol. The van der Waals surface area contributed by atoms with Gasteiger partial charge in [-0.05, 0) is 5.92 Å². The van der Waals surface area contributed by atoms with Crippen molar-refractivity contribution in [1.82, 2.24) is 0 Å². The second kappa shape index (κ2) is 4.37. The van der Waals surface area contributed by atoms with E-state index in [-0.39, 0.29) is 32.7 Å². The molecule has 0 bridgehead atoms. The molecular formula is C11H19Y-. The Labute approximate surface area is 102 Å². The molecular weight excluding hydrogens is 221 g/mol. The molecule has 0 N–H and O–H groups in total. The van der Waals surface area contributed by atoms with Gasteiger partial charge in [0, 0.05) is 32.7 Å². The summed E-state index contributed by atoms with van der Waals surface area (Å²) in [6.07, 6.45) is 4.84. The van der Waals surface area contributed by atoms with E-state index in [0.29, 0.717) is 5.41 Å². The van der Waals surface area contributed by atoms with Crippen molar-refractivity contribution in [3.63, 3.8) is 0 Å². The van der Waals surface area contributed by atoms with E-state index in [4.69, 9.17) is 0 Å². The molecule has 0 heterocycles. The van der Waals surface area contributed by atoms with Crippen LogP contribution >= 0.6 is 0 Å².